The number of ketones is 1. The molecule has 94 valence electrons. The summed E-state index contributed by atoms with van der Waals surface area (Å²) in [5, 5.41) is 3.84. The van der Waals surface area contributed by atoms with E-state index in [1.807, 2.05) is 18.2 Å². The molecule has 0 heterocycles. The van der Waals surface area contributed by atoms with Gasteiger partial charge in [-0.1, -0.05) is 48.5 Å². The van der Waals surface area contributed by atoms with Gasteiger partial charge in [0.1, 0.15) is 0 Å². The summed E-state index contributed by atoms with van der Waals surface area (Å²) in [6, 6.07) is 17.7. The van der Waals surface area contributed by atoms with Crippen LogP contribution in [-0.4, -0.2) is 17.8 Å². The van der Waals surface area contributed by atoms with Gasteiger partial charge in [0, 0.05) is 5.56 Å². The molecule has 0 fully saturated rings. The average molecular weight is 252 g/mol. The number of nitrogens with one attached hydrogen (secondary N) is 1. The third-order valence-corrected chi connectivity index (χ3v) is 2.46. The molecule has 0 saturated carbocycles. The van der Waals surface area contributed by atoms with Gasteiger partial charge in [0.2, 0.25) is 5.78 Å². The second-order valence-electron chi connectivity index (χ2n) is 3.79. The van der Waals surface area contributed by atoms with Crippen molar-refractivity contribution in [2.75, 3.05) is 5.43 Å². The summed E-state index contributed by atoms with van der Waals surface area (Å²) >= 11 is 0. The minimum absolute atomic E-state index is 0.157. The Labute approximate surface area is 110 Å². The van der Waals surface area contributed by atoms with Crippen LogP contribution in [0.25, 0.3) is 0 Å². The average Bonchev–Trinajstić information content (AvgIpc) is 2.49. The number of hydrogen-bond donors (Lipinski definition) is 1. The maximum Gasteiger partial charge on any atom is 0.216 e. The van der Waals surface area contributed by atoms with Crippen LogP contribution < -0.4 is 5.43 Å². The number of nitrogens with zero attached hydrogens (tertiary/aromatic N) is 1. The first-order chi connectivity index (χ1) is 9.31. The monoisotopic (exact) mass is 252 g/mol. The van der Waals surface area contributed by atoms with Gasteiger partial charge in [-0.15, -0.1) is 0 Å². The Balaban J connectivity index is 2.16. The third-order valence-electron chi connectivity index (χ3n) is 2.46. The second-order valence-corrected chi connectivity index (χ2v) is 3.79. The number of hydrazone groups is 1. The van der Waals surface area contributed by atoms with Gasteiger partial charge in [-0.25, -0.2) is 0 Å². The van der Waals surface area contributed by atoms with E-state index in [9.17, 15) is 9.59 Å². The zero-order valence-corrected chi connectivity index (χ0v) is 10.1. The van der Waals surface area contributed by atoms with Crippen molar-refractivity contribution in [2.45, 2.75) is 0 Å². The summed E-state index contributed by atoms with van der Waals surface area (Å²) < 4.78 is 0. The van der Waals surface area contributed by atoms with Crippen LogP contribution in [0.3, 0.4) is 0 Å². The molecular formula is C15H12N2O2. The fourth-order valence-electron chi connectivity index (χ4n) is 1.51. The normalized spacial score (nSPS) is 10.8. The smallest absolute Gasteiger partial charge is 0.216 e. The molecule has 2 rings (SSSR count). The molecule has 0 aliphatic rings. The Morgan fingerprint density at radius 1 is 0.947 bits per heavy atom. The fraction of sp³-hybridized carbons (Fsp3) is 0. The van der Waals surface area contributed by atoms with Crippen molar-refractivity contribution in [1.29, 1.82) is 0 Å². The number of benzene rings is 2. The predicted octanol–water partition coefficient (Wildman–Crippen LogP) is 2.54. The van der Waals surface area contributed by atoms with E-state index in [1.165, 1.54) is 0 Å². The van der Waals surface area contributed by atoms with E-state index < -0.39 is 5.78 Å². The van der Waals surface area contributed by atoms with Gasteiger partial charge < -0.3 is 0 Å². The second kappa shape index (κ2) is 6.26. The van der Waals surface area contributed by atoms with Crippen LogP contribution in [0.1, 0.15) is 10.4 Å². The highest BCUT2D eigenvalue weighted by molar-refractivity contribution is 6.63. The molecule has 0 unspecified atom stereocenters. The van der Waals surface area contributed by atoms with E-state index in [1.54, 1.807) is 42.5 Å². The molecule has 0 atom stereocenters. The standard InChI is InChI=1S/C15H12N2O2/c18-11-14(15(19)12-7-3-1-4-8-12)17-16-13-9-5-2-6-10-13/h1-11,16H. The number of aldehydes is 1. The molecule has 4 heteroatoms. The molecule has 4 nitrogen and oxygen atoms in total. The number of carbonyl (C=O) groups is 2. The number of carbonyl (C=O) groups excluding carboxylic acids is 2. The van der Waals surface area contributed by atoms with E-state index in [2.05, 4.69) is 10.5 Å². The molecule has 0 bridgehead atoms. The van der Waals surface area contributed by atoms with Crippen LogP contribution in [0, 0.1) is 0 Å². The maximum absolute atomic E-state index is 12.0. The lowest BCUT2D eigenvalue weighted by Crippen LogP contribution is -2.17. The highest BCUT2D eigenvalue weighted by atomic mass is 16.1. The SMILES string of the molecule is O=CC(=NNc1ccccc1)C(=O)c1ccccc1. The summed E-state index contributed by atoms with van der Waals surface area (Å²) in [6.45, 7) is 0. The first kappa shape index (κ1) is 12.7. The van der Waals surface area contributed by atoms with Gasteiger partial charge in [0.05, 0.1) is 5.69 Å². The lowest BCUT2D eigenvalue weighted by Gasteiger charge is -2.02. The molecule has 19 heavy (non-hydrogen) atoms. The molecule has 0 amide bonds. The van der Waals surface area contributed by atoms with Crippen molar-refractivity contribution in [1.82, 2.24) is 0 Å². The Morgan fingerprint density at radius 3 is 2.11 bits per heavy atom. The van der Waals surface area contributed by atoms with Crippen molar-refractivity contribution in [3.63, 3.8) is 0 Å². The van der Waals surface area contributed by atoms with Gasteiger partial charge >= 0.3 is 0 Å². The number of para-hydroxylation sites is 1. The summed E-state index contributed by atoms with van der Waals surface area (Å²) in [7, 11) is 0. The highest BCUT2D eigenvalue weighted by Crippen LogP contribution is 2.06. The van der Waals surface area contributed by atoms with Crippen LogP contribution in [0.5, 0.6) is 0 Å². The molecule has 0 radical (unpaired) electrons. The number of rotatable bonds is 5. The quantitative estimate of drug-likeness (QED) is 0.292. The van der Waals surface area contributed by atoms with Gasteiger partial charge in [0.15, 0.2) is 12.0 Å². The molecule has 0 aliphatic heterocycles. The first-order valence-electron chi connectivity index (χ1n) is 5.75. The first-order valence-corrected chi connectivity index (χ1v) is 5.75. The van der Waals surface area contributed by atoms with E-state index in [4.69, 9.17) is 0 Å². The Kier molecular flexibility index (Phi) is 4.18. The Hall–Kier alpha value is -2.75. The van der Waals surface area contributed by atoms with Crippen LogP contribution in [0.15, 0.2) is 65.8 Å². The minimum atomic E-state index is -0.404. The van der Waals surface area contributed by atoms with E-state index in [-0.39, 0.29) is 5.71 Å². The molecule has 0 saturated heterocycles. The summed E-state index contributed by atoms with van der Waals surface area (Å²) in [4.78, 5) is 22.9. The van der Waals surface area contributed by atoms with Gasteiger partial charge in [-0.3, -0.25) is 15.0 Å². The highest BCUT2D eigenvalue weighted by Gasteiger charge is 2.12. The van der Waals surface area contributed by atoms with Crippen molar-refractivity contribution in [3.8, 4) is 0 Å². The van der Waals surface area contributed by atoms with Crippen molar-refractivity contribution in [2.24, 2.45) is 5.10 Å². The maximum atomic E-state index is 12.0. The molecule has 0 aromatic heterocycles. The molecule has 0 spiro atoms. The molecular weight excluding hydrogens is 240 g/mol. The fourth-order valence-corrected chi connectivity index (χ4v) is 1.51. The van der Waals surface area contributed by atoms with Crippen LogP contribution in [0.4, 0.5) is 5.69 Å². The summed E-state index contributed by atoms with van der Waals surface area (Å²) in [5.74, 6) is -0.404. The van der Waals surface area contributed by atoms with Crippen LogP contribution in [0.2, 0.25) is 0 Å². The van der Waals surface area contributed by atoms with Gasteiger partial charge in [-0.2, -0.15) is 5.10 Å². The van der Waals surface area contributed by atoms with E-state index >= 15 is 0 Å². The van der Waals surface area contributed by atoms with Gasteiger partial charge in [-0.05, 0) is 12.1 Å². The summed E-state index contributed by atoms with van der Waals surface area (Å²) in [5.41, 5.74) is 3.67. The third kappa shape index (κ3) is 3.35. The zero-order chi connectivity index (χ0) is 13.5. The van der Waals surface area contributed by atoms with Gasteiger partial charge in [0.25, 0.3) is 0 Å². The van der Waals surface area contributed by atoms with E-state index in [0.29, 0.717) is 17.5 Å². The van der Waals surface area contributed by atoms with Crippen LogP contribution >= 0.6 is 0 Å². The van der Waals surface area contributed by atoms with Crippen molar-refractivity contribution in [3.05, 3.63) is 66.2 Å². The summed E-state index contributed by atoms with van der Waals surface area (Å²) in [6.07, 6.45) is 0.450. The number of hydrogen-bond acceptors (Lipinski definition) is 4. The van der Waals surface area contributed by atoms with Crippen molar-refractivity contribution < 1.29 is 9.59 Å². The van der Waals surface area contributed by atoms with Crippen LogP contribution in [-0.2, 0) is 4.79 Å². The number of Topliss-reactive ketones (excluding diaryl/α,β-unsaturated/α-hetero) is 1. The lowest BCUT2D eigenvalue weighted by atomic mass is 10.1. The van der Waals surface area contributed by atoms with Crippen molar-refractivity contribution >= 4 is 23.5 Å². The lowest BCUT2D eigenvalue weighted by molar-refractivity contribution is -0.102. The zero-order valence-electron chi connectivity index (χ0n) is 10.1. The molecule has 0 aliphatic carbocycles. The number of anilines is 1. The largest absolute Gasteiger partial charge is 0.296 e. The molecule has 2 aromatic carbocycles. The minimum Gasteiger partial charge on any atom is -0.296 e. The predicted molar refractivity (Wildman–Crippen MR) is 74.3 cm³/mol. The Bertz CT molecular complexity index is 592. The molecule has 2 aromatic rings. The Morgan fingerprint density at radius 2 is 1.53 bits per heavy atom. The molecule has 1 N–H and O–H groups in total. The topological polar surface area (TPSA) is 58.5 Å². The van der Waals surface area contributed by atoms with E-state index in [0.717, 1.165) is 0 Å².